The molecule has 1 unspecified atom stereocenters. The summed E-state index contributed by atoms with van der Waals surface area (Å²) in [5.41, 5.74) is 6.89. The van der Waals surface area contributed by atoms with Crippen molar-refractivity contribution in [3.8, 4) is 0 Å². The van der Waals surface area contributed by atoms with Crippen molar-refractivity contribution in [1.82, 2.24) is 15.3 Å². The van der Waals surface area contributed by atoms with Crippen LogP contribution in [0.15, 0.2) is 23.6 Å². The van der Waals surface area contributed by atoms with Crippen molar-refractivity contribution in [1.29, 1.82) is 0 Å². The second-order valence-corrected chi connectivity index (χ2v) is 6.75. The molecule has 5 nitrogen and oxygen atoms in total. The summed E-state index contributed by atoms with van der Waals surface area (Å²) >= 11 is 1.80. The number of nitrogens with one attached hydrogen (secondary N) is 1. The zero-order valence-electron chi connectivity index (χ0n) is 13.0. The SMILES string of the molecule is CCCc1cc(N2CCC(NCc3cccs3)C2)nc(N)n1. The second-order valence-electron chi connectivity index (χ2n) is 5.72. The standard InChI is InChI=1S/C16H23N5S/c1-2-4-12-9-15(20-16(17)19-12)21-7-6-13(11-21)18-10-14-5-3-8-22-14/h3,5,8-9,13,18H,2,4,6-7,10-11H2,1H3,(H2,17,19,20). The van der Waals surface area contributed by atoms with Crippen LogP contribution in [0.3, 0.4) is 0 Å². The number of rotatable bonds is 6. The van der Waals surface area contributed by atoms with Crippen LogP contribution in [0.5, 0.6) is 0 Å². The Morgan fingerprint density at radius 1 is 1.45 bits per heavy atom. The smallest absolute Gasteiger partial charge is 0.222 e. The minimum Gasteiger partial charge on any atom is -0.368 e. The van der Waals surface area contributed by atoms with E-state index >= 15 is 0 Å². The Morgan fingerprint density at radius 2 is 2.36 bits per heavy atom. The predicted octanol–water partition coefficient (Wildman–Crippen LogP) is 2.44. The third kappa shape index (κ3) is 3.75. The fourth-order valence-electron chi connectivity index (χ4n) is 2.84. The van der Waals surface area contributed by atoms with Gasteiger partial charge in [0.15, 0.2) is 0 Å². The molecule has 3 N–H and O–H groups in total. The van der Waals surface area contributed by atoms with E-state index in [2.05, 4.69) is 50.7 Å². The highest BCUT2D eigenvalue weighted by Gasteiger charge is 2.23. The summed E-state index contributed by atoms with van der Waals surface area (Å²) in [6, 6.07) is 6.86. The number of nitrogens with zero attached hydrogens (tertiary/aromatic N) is 3. The average Bonchev–Trinajstić information content (AvgIpc) is 3.17. The highest BCUT2D eigenvalue weighted by molar-refractivity contribution is 7.09. The van der Waals surface area contributed by atoms with Crippen LogP contribution in [0.1, 0.15) is 30.3 Å². The molecule has 0 radical (unpaired) electrons. The van der Waals surface area contributed by atoms with Gasteiger partial charge in [-0.1, -0.05) is 19.4 Å². The fraction of sp³-hybridized carbons (Fsp3) is 0.500. The Bertz CT molecular complexity index is 599. The summed E-state index contributed by atoms with van der Waals surface area (Å²) in [4.78, 5) is 12.4. The lowest BCUT2D eigenvalue weighted by Gasteiger charge is -2.19. The molecule has 1 fully saturated rings. The van der Waals surface area contributed by atoms with Gasteiger partial charge in [-0.25, -0.2) is 4.98 Å². The molecule has 3 heterocycles. The highest BCUT2D eigenvalue weighted by Crippen LogP contribution is 2.21. The van der Waals surface area contributed by atoms with Gasteiger partial charge in [-0.05, 0) is 24.3 Å². The number of aryl methyl sites for hydroxylation is 1. The van der Waals surface area contributed by atoms with Gasteiger partial charge in [0.2, 0.25) is 5.95 Å². The van der Waals surface area contributed by atoms with Crippen molar-refractivity contribution < 1.29 is 0 Å². The maximum absolute atomic E-state index is 5.85. The van der Waals surface area contributed by atoms with Crippen LogP contribution in [-0.4, -0.2) is 29.1 Å². The van der Waals surface area contributed by atoms with Gasteiger partial charge in [-0.2, -0.15) is 4.98 Å². The van der Waals surface area contributed by atoms with Crippen LogP contribution in [0.25, 0.3) is 0 Å². The van der Waals surface area contributed by atoms with Gasteiger partial charge < -0.3 is 16.0 Å². The van der Waals surface area contributed by atoms with Crippen molar-refractivity contribution in [3.05, 3.63) is 34.2 Å². The molecule has 118 valence electrons. The molecule has 2 aromatic rings. The molecule has 22 heavy (non-hydrogen) atoms. The largest absolute Gasteiger partial charge is 0.368 e. The zero-order valence-corrected chi connectivity index (χ0v) is 13.8. The third-order valence-electron chi connectivity index (χ3n) is 3.95. The van der Waals surface area contributed by atoms with Crippen molar-refractivity contribution in [3.63, 3.8) is 0 Å². The Labute approximate surface area is 135 Å². The predicted molar refractivity (Wildman–Crippen MR) is 92.2 cm³/mol. The summed E-state index contributed by atoms with van der Waals surface area (Å²) in [5.74, 6) is 1.35. The van der Waals surface area contributed by atoms with Gasteiger partial charge in [-0.15, -0.1) is 11.3 Å². The molecule has 0 bridgehead atoms. The van der Waals surface area contributed by atoms with Crippen molar-refractivity contribution in [2.45, 2.75) is 38.8 Å². The lowest BCUT2D eigenvalue weighted by atomic mass is 10.2. The number of nitrogens with two attached hydrogens (primary N) is 1. The minimum atomic E-state index is 0.385. The van der Waals surface area contributed by atoms with E-state index in [1.807, 2.05) is 0 Å². The first-order valence-corrected chi connectivity index (χ1v) is 8.76. The summed E-state index contributed by atoms with van der Waals surface area (Å²) < 4.78 is 0. The average molecular weight is 317 g/mol. The number of hydrogen-bond acceptors (Lipinski definition) is 6. The third-order valence-corrected chi connectivity index (χ3v) is 4.82. The van der Waals surface area contributed by atoms with Gasteiger partial charge in [0, 0.05) is 42.3 Å². The van der Waals surface area contributed by atoms with Crippen LogP contribution >= 0.6 is 11.3 Å². The zero-order chi connectivity index (χ0) is 15.4. The van der Waals surface area contributed by atoms with E-state index in [0.29, 0.717) is 12.0 Å². The number of anilines is 2. The van der Waals surface area contributed by atoms with Crippen LogP contribution in [0.4, 0.5) is 11.8 Å². The van der Waals surface area contributed by atoms with E-state index in [9.17, 15) is 0 Å². The second kappa shape index (κ2) is 7.07. The molecule has 0 aromatic carbocycles. The molecular weight excluding hydrogens is 294 g/mol. The lowest BCUT2D eigenvalue weighted by Crippen LogP contribution is -2.32. The molecule has 0 spiro atoms. The number of hydrogen-bond donors (Lipinski definition) is 2. The van der Waals surface area contributed by atoms with Crippen LogP contribution in [-0.2, 0) is 13.0 Å². The maximum Gasteiger partial charge on any atom is 0.222 e. The van der Waals surface area contributed by atoms with E-state index in [1.165, 1.54) is 4.88 Å². The lowest BCUT2D eigenvalue weighted by molar-refractivity contribution is 0.554. The van der Waals surface area contributed by atoms with E-state index in [1.54, 1.807) is 11.3 Å². The maximum atomic E-state index is 5.85. The van der Waals surface area contributed by atoms with Gasteiger partial charge in [-0.3, -0.25) is 0 Å². The Morgan fingerprint density at radius 3 is 3.14 bits per heavy atom. The van der Waals surface area contributed by atoms with Gasteiger partial charge in [0.1, 0.15) is 5.82 Å². The Kier molecular flexibility index (Phi) is 4.90. The first-order valence-electron chi connectivity index (χ1n) is 7.88. The molecular formula is C16H23N5S. The van der Waals surface area contributed by atoms with Crippen LogP contribution < -0.4 is 16.0 Å². The molecule has 1 atom stereocenters. The fourth-order valence-corrected chi connectivity index (χ4v) is 3.50. The molecule has 1 aliphatic heterocycles. The first-order chi connectivity index (χ1) is 10.7. The molecule has 1 saturated heterocycles. The number of thiophene rings is 1. The monoisotopic (exact) mass is 317 g/mol. The molecule has 1 aliphatic rings. The Balaban J connectivity index is 1.59. The summed E-state index contributed by atoms with van der Waals surface area (Å²) in [6.45, 7) is 5.10. The van der Waals surface area contributed by atoms with Gasteiger partial charge in [0.25, 0.3) is 0 Å². The van der Waals surface area contributed by atoms with E-state index < -0.39 is 0 Å². The number of aromatic nitrogens is 2. The van der Waals surface area contributed by atoms with E-state index in [4.69, 9.17) is 5.73 Å². The van der Waals surface area contributed by atoms with Crippen molar-refractivity contribution in [2.75, 3.05) is 23.7 Å². The molecule has 3 rings (SSSR count). The molecule has 0 aliphatic carbocycles. The molecule has 0 amide bonds. The van der Waals surface area contributed by atoms with E-state index in [0.717, 1.165) is 50.4 Å². The highest BCUT2D eigenvalue weighted by atomic mass is 32.1. The molecule has 6 heteroatoms. The Hall–Kier alpha value is -1.66. The van der Waals surface area contributed by atoms with E-state index in [-0.39, 0.29) is 0 Å². The van der Waals surface area contributed by atoms with Crippen molar-refractivity contribution in [2.24, 2.45) is 0 Å². The summed E-state index contributed by atoms with van der Waals surface area (Å²) in [7, 11) is 0. The van der Waals surface area contributed by atoms with Gasteiger partial charge >= 0.3 is 0 Å². The summed E-state index contributed by atoms with van der Waals surface area (Å²) in [5, 5.41) is 5.75. The molecule has 0 saturated carbocycles. The molecule has 2 aromatic heterocycles. The van der Waals surface area contributed by atoms with Crippen LogP contribution in [0.2, 0.25) is 0 Å². The van der Waals surface area contributed by atoms with Gasteiger partial charge in [0.05, 0.1) is 0 Å². The van der Waals surface area contributed by atoms with Crippen LogP contribution in [0, 0.1) is 0 Å². The number of nitrogen functional groups attached to an aromatic ring is 1. The quantitative estimate of drug-likeness (QED) is 0.856. The first kappa shape index (κ1) is 15.2. The van der Waals surface area contributed by atoms with Crippen molar-refractivity contribution >= 4 is 23.1 Å². The topological polar surface area (TPSA) is 67.1 Å². The summed E-state index contributed by atoms with van der Waals surface area (Å²) in [6.07, 6.45) is 3.16. The normalized spacial score (nSPS) is 18.0. The minimum absolute atomic E-state index is 0.385.